The van der Waals surface area contributed by atoms with Crippen LogP contribution in [0.1, 0.15) is 37.2 Å². The maximum absolute atomic E-state index is 12.5. The Morgan fingerprint density at radius 1 is 1.23 bits per heavy atom. The van der Waals surface area contributed by atoms with E-state index >= 15 is 0 Å². The predicted molar refractivity (Wildman–Crippen MR) is 108 cm³/mol. The standard InChI is InChI=1S/C23H17F3N2O3/c1-14-4-2-5-16(12-14)22-19(21(29)17-6-3-11-27-13-17)20(28-31-22)15-7-9-18(10-8-15)30-23(24,25)26/h4,7-13,21,29H,3,6H2,1H3. The second-order valence-corrected chi connectivity index (χ2v) is 7.04. The Bertz CT molecular complexity index is 1190. The van der Waals surface area contributed by atoms with E-state index < -0.39 is 12.5 Å². The Hall–Kier alpha value is -3.57. The summed E-state index contributed by atoms with van der Waals surface area (Å²) in [6.45, 7) is 1.89. The van der Waals surface area contributed by atoms with Crippen LogP contribution < -0.4 is 4.74 Å². The molecule has 2 aliphatic rings. The molecule has 1 aliphatic carbocycles. The molecule has 5 nitrogen and oxygen atoms in total. The molecule has 1 unspecified atom stereocenters. The monoisotopic (exact) mass is 426 g/mol. The number of aromatic nitrogens is 1. The van der Waals surface area contributed by atoms with Gasteiger partial charge in [0.25, 0.3) is 0 Å². The molecule has 8 heteroatoms. The molecule has 0 saturated heterocycles. The summed E-state index contributed by atoms with van der Waals surface area (Å²) in [4.78, 5) is 4.12. The third kappa shape index (κ3) is 4.62. The summed E-state index contributed by atoms with van der Waals surface area (Å²) in [5.41, 5.74) is 9.19. The predicted octanol–water partition coefficient (Wildman–Crippen LogP) is 5.68. The second kappa shape index (κ2) is 8.28. The summed E-state index contributed by atoms with van der Waals surface area (Å²) in [5, 5.41) is 15.3. The smallest absolute Gasteiger partial charge is 0.406 e. The number of hydrogen-bond acceptors (Lipinski definition) is 5. The van der Waals surface area contributed by atoms with E-state index in [9.17, 15) is 18.3 Å². The molecule has 0 radical (unpaired) electrons. The van der Waals surface area contributed by atoms with Crippen molar-refractivity contribution in [2.45, 2.75) is 32.2 Å². The minimum atomic E-state index is -4.78. The van der Waals surface area contributed by atoms with Crippen LogP contribution in [0.5, 0.6) is 5.75 Å². The van der Waals surface area contributed by atoms with Gasteiger partial charge in [0.15, 0.2) is 5.76 Å². The van der Waals surface area contributed by atoms with Crippen LogP contribution in [0.3, 0.4) is 0 Å². The number of hydrogen-bond donors (Lipinski definition) is 1. The highest BCUT2D eigenvalue weighted by Gasteiger charge is 2.32. The maximum Gasteiger partial charge on any atom is 0.573 e. The number of benzene rings is 1. The van der Waals surface area contributed by atoms with Crippen molar-refractivity contribution in [3.63, 3.8) is 0 Å². The Labute approximate surface area is 175 Å². The van der Waals surface area contributed by atoms with Gasteiger partial charge in [0.05, 0.1) is 11.1 Å². The van der Waals surface area contributed by atoms with Crippen LogP contribution in [-0.4, -0.2) is 22.8 Å². The van der Waals surface area contributed by atoms with Crippen molar-refractivity contribution in [1.82, 2.24) is 5.16 Å². The minimum Gasteiger partial charge on any atom is -0.406 e. The van der Waals surface area contributed by atoms with Crippen LogP contribution in [0.2, 0.25) is 0 Å². The first-order valence-corrected chi connectivity index (χ1v) is 9.46. The van der Waals surface area contributed by atoms with E-state index in [-0.39, 0.29) is 5.75 Å². The molecule has 1 aliphatic heterocycles. The van der Waals surface area contributed by atoms with E-state index in [1.165, 1.54) is 24.3 Å². The van der Waals surface area contributed by atoms with Crippen molar-refractivity contribution in [2.75, 3.05) is 0 Å². The topological polar surface area (TPSA) is 67.9 Å². The fraction of sp³-hybridized carbons (Fsp3) is 0.217. The lowest BCUT2D eigenvalue weighted by Gasteiger charge is -2.17. The molecule has 1 aromatic heterocycles. The van der Waals surface area contributed by atoms with Crippen LogP contribution >= 0.6 is 0 Å². The van der Waals surface area contributed by atoms with Crippen molar-refractivity contribution in [3.05, 3.63) is 76.5 Å². The van der Waals surface area contributed by atoms with E-state index in [2.05, 4.69) is 26.3 Å². The molecule has 1 N–H and O–H groups in total. The highest BCUT2D eigenvalue weighted by molar-refractivity contribution is 5.79. The third-order valence-corrected chi connectivity index (χ3v) is 4.75. The number of halogens is 3. The van der Waals surface area contributed by atoms with Gasteiger partial charge in [-0.05, 0) is 67.3 Å². The highest BCUT2D eigenvalue weighted by atomic mass is 19.4. The lowest BCUT2D eigenvalue weighted by atomic mass is 9.91. The molecular weight excluding hydrogens is 409 g/mol. The van der Waals surface area contributed by atoms with Gasteiger partial charge in [0, 0.05) is 18.0 Å². The van der Waals surface area contributed by atoms with Gasteiger partial charge in [-0.2, -0.15) is 0 Å². The van der Waals surface area contributed by atoms with Gasteiger partial charge in [-0.25, -0.2) is 0 Å². The van der Waals surface area contributed by atoms with Gasteiger partial charge in [-0.3, -0.25) is 4.99 Å². The third-order valence-electron chi connectivity index (χ3n) is 4.75. The van der Waals surface area contributed by atoms with Gasteiger partial charge in [0.1, 0.15) is 17.5 Å². The number of ether oxygens (including phenoxy) is 1. The van der Waals surface area contributed by atoms with Crippen LogP contribution in [-0.2, 0) is 0 Å². The maximum atomic E-state index is 12.5. The molecular formula is C23H17F3N2O3. The van der Waals surface area contributed by atoms with Crippen molar-refractivity contribution in [2.24, 2.45) is 4.99 Å². The van der Waals surface area contributed by atoms with Crippen molar-refractivity contribution in [1.29, 1.82) is 0 Å². The van der Waals surface area contributed by atoms with Gasteiger partial charge in [0.2, 0.25) is 0 Å². The number of allylic oxidation sites excluding steroid dienone is 4. The average molecular weight is 426 g/mol. The fourth-order valence-corrected chi connectivity index (χ4v) is 3.33. The van der Waals surface area contributed by atoms with Gasteiger partial charge < -0.3 is 14.4 Å². The number of alkyl halides is 3. The zero-order valence-corrected chi connectivity index (χ0v) is 16.4. The second-order valence-electron chi connectivity index (χ2n) is 7.04. The molecule has 1 aromatic carbocycles. The molecule has 0 saturated carbocycles. The molecule has 2 aromatic rings. The summed E-state index contributed by atoms with van der Waals surface area (Å²) >= 11 is 0. The average Bonchev–Trinajstić information content (AvgIpc) is 3.18. The van der Waals surface area contributed by atoms with Crippen LogP contribution in [0.15, 0.2) is 74.7 Å². The largest absolute Gasteiger partial charge is 0.573 e. The summed E-state index contributed by atoms with van der Waals surface area (Å²) in [6, 6.07) is 5.23. The number of aliphatic imine (C=N–C) groups is 1. The molecule has 0 fully saturated rings. The van der Waals surface area contributed by atoms with Crippen LogP contribution in [0.4, 0.5) is 13.2 Å². The SMILES string of the molecule is CC1=CC(c2onc(-c3ccc(OC(F)(F)F)cc3)c2C(O)C2=CN=CCC2)=C=C=C1. The van der Waals surface area contributed by atoms with Crippen LogP contribution in [0.25, 0.3) is 16.8 Å². The van der Waals surface area contributed by atoms with E-state index in [1.807, 2.05) is 13.0 Å². The van der Waals surface area contributed by atoms with Crippen molar-refractivity contribution < 1.29 is 27.5 Å². The number of nitrogens with zero attached hydrogens (tertiary/aromatic N) is 2. The number of rotatable bonds is 5. The van der Waals surface area contributed by atoms with E-state index in [0.29, 0.717) is 46.6 Å². The molecule has 0 amide bonds. The molecule has 0 bridgehead atoms. The van der Waals surface area contributed by atoms with E-state index in [4.69, 9.17) is 4.52 Å². The lowest BCUT2D eigenvalue weighted by molar-refractivity contribution is -0.274. The van der Waals surface area contributed by atoms with E-state index in [1.54, 1.807) is 18.5 Å². The zero-order valence-electron chi connectivity index (χ0n) is 16.4. The Morgan fingerprint density at radius 3 is 2.65 bits per heavy atom. The first-order valence-electron chi connectivity index (χ1n) is 9.46. The molecule has 0 spiro atoms. The van der Waals surface area contributed by atoms with Crippen molar-refractivity contribution in [3.8, 4) is 17.0 Å². The van der Waals surface area contributed by atoms with Gasteiger partial charge in [-0.1, -0.05) is 16.6 Å². The molecule has 1 atom stereocenters. The molecule has 31 heavy (non-hydrogen) atoms. The lowest BCUT2D eigenvalue weighted by Crippen LogP contribution is -2.16. The Balaban J connectivity index is 1.80. The number of aliphatic hydroxyl groups is 1. The van der Waals surface area contributed by atoms with Crippen molar-refractivity contribution >= 4 is 11.8 Å². The summed E-state index contributed by atoms with van der Waals surface area (Å²) in [7, 11) is 0. The molecule has 2 heterocycles. The quantitative estimate of drug-likeness (QED) is 0.625. The summed E-state index contributed by atoms with van der Waals surface area (Å²) in [6.07, 6.45) is 2.39. The van der Waals surface area contributed by atoms with Crippen LogP contribution in [0, 0.1) is 0 Å². The normalized spacial score (nSPS) is 16.6. The number of aliphatic hydroxyl groups excluding tert-OH is 1. The summed E-state index contributed by atoms with van der Waals surface area (Å²) in [5.74, 6) is -0.0402. The van der Waals surface area contributed by atoms with Gasteiger partial charge >= 0.3 is 6.36 Å². The molecule has 4 rings (SSSR count). The summed E-state index contributed by atoms with van der Waals surface area (Å²) < 4.78 is 46.9. The molecule has 158 valence electrons. The fourth-order valence-electron chi connectivity index (χ4n) is 3.33. The highest BCUT2D eigenvalue weighted by Crippen LogP contribution is 2.40. The Morgan fingerprint density at radius 2 is 2.00 bits per heavy atom. The zero-order chi connectivity index (χ0) is 22.0. The first kappa shape index (κ1) is 20.7. The Kier molecular flexibility index (Phi) is 5.53. The van der Waals surface area contributed by atoms with Gasteiger partial charge in [-0.15, -0.1) is 13.2 Å². The first-order chi connectivity index (χ1) is 14.8. The minimum absolute atomic E-state index is 0.311. The van der Waals surface area contributed by atoms with E-state index in [0.717, 1.165) is 5.57 Å².